The summed E-state index contributed by atoms with van der Waals surface area (Å²) in [6.45, 7) is 6.53. The third-order valence-corrected chi connectivity index (χ3v) is 6.31. The maximum Gasteiger partial charge on any atom is 0.222 e. The summed E-state index contributed by atoms with van der Waals surface area (Å²) >= 11 is 12.6. The number of benzene rings is 2. The van der Waals surface area contributed by atoms with E-state index in [4.69, 9.17) is 27.9 Å². The van der Waals surface area contributed by atoms with Crippen LogP contribution in [0.2, 0.25) is 10.3 Å². The second-order valence-corrected chi connectivity index (χ2v) is 8.75. The van der Waals surface area contributed by atoms with Gasteiger partial charge in [-0.2, -0.15) is 0 Å². The minimum Gasteiger partial charge on any atom is -0.490 e. The van der Waals surface area contributed by atoms with Crippen LogP contribution in [0.5, 0.6) is 5.75 Å². The standard InChI is InChI=1S/C24H21Cl2FN4O/c1-14-20(15(2)29-24(26)28-14)13-30-7-8-32-23-17(12-30)10-19(11-21(23)25)31-6-5-16-9-18(27)3-4-22(16)31/h3-6,9-11H,7-8,12-13H2,1-2H3. The van der Waals surface area contributed by atoms with Crippen molar-refractivity contribution >= 4 is 34.1 Å². The van der Waals surface area contributed by atoms with Crippen molar-refractivity contribution in [3.05, 3.63) is 81.2 Å². The van der Waals surface area contributed by atoms with E-state index in [1.165, 1.54) is 12.1 Å². The average molecular weight is 471 g/mol. The zero-order valence-corrected chi connectivity index (χ0v) is 19.2. The molecule has 5 rings (SSSR count). The first-order chi connectivity index (χ1) is 15.4. The molecule has 1 aliphatic rings. The lowest BCUT2D eigenvalue weighted by atomic mass is 10.1. The minimum absolute atomic E-state index is 0.254. The van der Waals surface area contributed by atoms with Crippen LogP contribution in [0.3, 0.4) is 0 Å². The molecular formula is C24H21Cl2FN4O. The van der Waals surface area contributed by atoms with Crippen LogP contribution >= 0.6 is 23.2 Å². The Morgan fingerprint density at radius 2 is 1.84 bits per heavy atom. The van der Waals surface area contributed by atoms with E-state index in [1.807, 2.05) is 36.7 Å². The first-order valence-corrected chi connectivity index (χ1v) is 11.1. The SMILES string of the molecule is Cc1nc(Cl)nc(C)c1CN1CCOc2c(Cl)cc(-n3ccc4cc(F)ccc43)cc2C1. The molecule has 0 radical (unpaired) electrons. The quantitative estimate of drug-likeness (QED) is 0.350. The summed E-state index contributed by atoms with van der Waals surface area (Å²) in [5.74, 6) is 0.456. The van der Waals surface area contributed by atoms with Gasteiger partial charge in [0.1, 0.15) is 18.2 Å². The number of hydrogen-bond acceptors (Lipinski definition) is 4. The molecule has 0 spiro atoms. The third kappa shape index (κ3) is 3.94. The molecule has 0 amide bonds. The Morgan fingerprint density at radius 3 is 2.62 bits per heavy atom. The van der Waals surface area contributed by atoms with Crippen molar-refractivity contribution in [2.45, 2.75) is 26.9 Å². The molecule has 4 aromatic rings. The van der Waals surface area contributed by atoms with Gasteiger partial charge < -0.3 is 9.30 Å². The Balaban J connectivity index is 1.50. The van der Waals surface area contributed by atoms with Gasteiger partial charge in [0.15, 0.2) is 0 Å². The first kappa shape index (κ1) is 21.2. The summed E-state index contributed by atoms with van der Waals surface area (Å²) in [5, 5.41) is 1.66. The van der Waals surface area contributed by atoms with Gasteiger partial charge in [0.05, 0.1) is 10.5 Å². The summed E-state index contributed by atoms with van der Waals surface area (Å²) in [7, 11) is 0. The van der Waals surface area contributed by atoms with Crippen LogP contribution in [0.25, 0.3) is 16.6 Å². The monoisotopic (exact) mass is 470 g/mol. The van der Waals surface area contributed by atoms with Gasteiger partial charge in [-0.3, -0.25) is 4.90 Å². The fourth-order valence-corrected chi connectivity index (χ4v) is 4.82. The lowest BCUT2D eigenvalue weighted by molar-refractivity contribution is 0.218. The van der Waals surface area contributed by atoms with Gasteiger partial charge in [0, 0.05) is 59.4 Å². The highest BCUT2D eigenvalue weighted by Gasteiger charge is 2.21. The molecular weight excluding hydrogens is 450 g/mol. The van der Waals surface area contributed by atoms with Gasteiger partial charge in [0.25, 0.3) is 0 Å². The molecule has 0 atom stereocenters. The first-order valence-electron chi connectivity index (χ1n) is 10.3. The molecule has 0 saturated carbocycles. The molecule has 0 fully saturated rings. The summed E-state index contributed by atoms with van der Waals surface area (Å²) in [4.78, 5) is 10.9. The van der Waals surface area contributed by atoms with E-state index in [1.54, 1.807) is 6.07 Å². The maximum atomic E-state index is 13.6. The van der Waals surface area contributed by atoms with Crippen molar-refractivity contribution in [1.82, 2.24) is 19.4 Å². The van der Waals surface area contributed by atoms with E-state index in [2.05, 4.69) is 20.9 Å². The van der Waals surface area contributed by atoms with Crippen LogP contribution in [0.4, 0.5) is 4.39 Å². The summed E-state index contributed by atoms with van der Waals surface area (Å²) in [6, 6.07) is 10.6. The van der Waals surface area contributed by atoms with E-state index in [9.17, 15) is 4.39 Å². The molecule has 0 saturated heterocycles. The van der Waals surface area contributed by atoms with E-state index >= 15 is 0 Å². The number of rotatable bonds is 3. The molecule has 0 unspecified atom stereocenters. The van der Waals surface area contributed by atoms with E-state index in [0.717, 1.165) is 45.6 Å². The van der Waals surface area contributed by atoms with Crippen LogP contribution in [0.15, 0.2) is 42.6 Å². The molecule has 0 N–H and O–H groups in total. The van der Waals surface area contributed by atoms with Gasteiger partial charge in [-0.25, -0.2) is 14.4 Å². The minimum atomic E-state index is -0.254. The summed E-state index contributed by atoms with van der Waals surface area (Å²) in [6.07, 6.45) is 1.93. The van der Waals surface area contributed by atoms with Gasteiger partial charge in [-0.05, 0) is 61.8 Å². The van der Waals surface area contributed by atoms with E-state index in [0.29, 0.717) is 30.5 Å². The highest BCUT2D eigenvalue weighted by Crippen LogP contribution is 2.35. The fourth-order valence-electron chi connectivity index (χ4n) is 4.27. The van der Waals surface area contributed by atoms with Crippen LogP contribution < -0.4 is 4.74 Å². The second-order valence-electron chi connectivity index (χ2n) is 8.01. The topological polar surface area (TPSA) is 43.2 Å². The Kier molecular flexibility index (Phi) is 5.53. The second kappa shape index (κ2) is 8.35. The Hall–Kier alpha value is -2.67. The molecule has 0 aliphatic carbocycles. The van der Waals surface area contributed by atoms with Crippen LogP contribution in [0.1, 0.15) is 22.5 Å². The van der Waals surface area contributed by atoms with Crippen molar-refractivity contribution in [3.8, 4) is 11.4 Å². The van der Waals surface area contributed by atoms with Crippen LogP contribution in [-0.2, 0) is 13.1 Å². The molecule has 0 bridgehead atoms. The predicted molar refractivity (Wildman–Crippen MR) is 124 cm³/mol. The Morgan fingerprint density at radius 1 is 1.06 bits per heavy atom. The van der Waals surface area contributed by atoms with Crippen LogP contribution in [-0.4, -0.2) is 32.6 Å². The summed E-state index contributed by atoms with van der Waals surface area (Å²) in [5.41, 5.74) is 5.65. The Bertz CT molecular complexity index is 1310. The van der Waals surface area contributed by atoms with Crippen molar-refractivity contribution in [1.29, 1.82) is 0 Å². The lowest BCUT2D eigenvalue weighted by Crippen LogP contribution is -2.26. The molecule has 2 aromatic heterocycles. The highest BCUT2D eigenvalue weighted by molar-refractivity contribution is 6.32. The number of ether oxygens (including phenoxy) is 1. The van der Waals surface area contributed by atoms with Crippen LogP contribution in [0, 0.1) is 19.7 Å². The average Bonchev–Trinajstić information content (AvgIpc) is 3.03. The molecule has 3 heterocycles. The largest absolute Gasteiger partial charge is 0.490 e. The van der Waals surface area contributed by atoms with Gasteiger partial charge in [-0.1, -0.05) is 11.6 Å². The molecule has 2 aromatic carbocycles. The van der Waals surface area contributed by atoms with Crippen molar-refractivity contribution in [2.75, 3.05) is 13.2 Å². The van der Waals surface area contributed by atoms with E-state index < -0.39 is 0 Å². The van der Waals surface area contributed by atoms with Crippen molar-refractivity contribution in [2.24, 2.45) is 0 Å². The fraction of sp³-hybridized carbons (Fsp3) is 0.250. The Labute approximate surface area is 195 Å². The number of hydrogen-bond donors (Lipinski definition) is 0. The number of halogens is 3. The van der Waals surface area contributed by atoms with Crippen molar-refractivity contribution < 1.29 is 9.13 Å². The normalized spacial score (nSPS) is 14.3. The van der Waals surface area contributed by atoms with E-state index in [-0.39, 0.29) is 11.1 Å². The zero-order valence-electron chi connectivity index (χ0n) is 17.7. The van der Waals surface area contributed by atoms with Gasteiger partial charge in [0.2, 0.25) is 5.28 Å². The van der Waals surface area contributed by atoms with Crippen molar-refractivity contribution in [3.63, 3.8) is 0 Å². The lowest BCUT2D eigenvalue weighted by Gasteiger charge is -2.21. The number of fused-ring (bicyclic) bond motifs is 2. The van der Waals surface area contributed by atoms with Gasteiger partial charge in [-0.15, -0.1) is 0 Å². The summed E-state index contributed by atoms with van der Waals surface area (Å²) < 4.78 is 21.6. The maximum absolute atomic E-state index is 13.6. The smallest absolute Gasteiger partial charge is 0.222 e. The number of nitrogens with zero attached hydrogens (tertiary/aromatic N) is 4. The molecule has 5 nitrogen and oxygen atoms in total. The molecule has 164 valence electrons. The molecule has 1 aliphatic heterocycles. The number of aromatic nitrogens is 3. The predicted octanol–water partition coefficient (Wildman–Crippen LogP) is 5.88. The van der Waals surface area contributed by atoms with Gasteiger partial charge >= 0.3 is 0 Å². The molecule has 32 heavy (non-hydrogen) atoms. The number of aryl methyl sites for hydroxylation is 2. The molecule has 8 heteroatoms. The zero-order chi connectivity index (χ0) is 22.4. The third-order valence-electron chi connectivity index (χ3n) is 5.86. The highest BCUT2D eigenvalue weighted by atomic mass is 35.5.